The van der Waals surface area contributed by atoms with Crippen molar-refractivity contribution in [1.82, 2.24) is 10.6 Å². The van der Waals surface area contributed by atoms with Crippen molar-refractivity contribution in [3.05, 3.63) is 0 Å². The Kier molecular flexibility index (Phi) is 13.5. The van der Waals surface area contributed by atoms with Crippen LogP contribution in [0.25, 0.3) is 0 Å². The molecule has 0 radical (unpaired) electrons. The Morgan fingerprint density at radius 2 is 1.38 bits per heavy atom. The van der Waals surface area contributed by atoms with Crippen LogP contribution in [-0.2, 0) is 9.59 Å². The van der Waals surface area contributed by atoms with E-state index < -0.39 is 0 Å². The Balaban J connectivity index is 4.71. The molecule has 3 unspecified atom stereocenters. The Bertz CT molecular complexity index is 477. The summed E-state index contributed by atoms with van der Waals surface area (Å²) in [6.45, 7) is 18.8. The lowest BCUT2D eigenvalue weighted by Gasteiger charge is -2.37. The van der Waals surface area contributed by atoms with Gasteiger partial charge >= 0.3 is 0 Å². The van der Waals surface area contributed by atoms with E-state index >= 15 is 0 Å². The molecule has 3 atom stereocenters. The van der Waals surface area contributed by atoms with Gasteiger partial charge < -0.3 is 10.6 Å². The molecule has 2 amide bonds. The molecule has 29 heavy (non-hydrogen) atoms. The van der Waals surface area contributed by atoms with Gasteiger partial charge in [-0.25, -0.2) is 0 Å². The number of rotatable bonds is 16. The smallest absolute Gasteiger partial charge is 0.220 e. The molecule has 0 aromatic rings. The second kappa shape index (κ2) is 14.0. The fraction of sp³-hybridized carbons (Fsp3) is 0.920. The summed E-state index contributed by atoms with van der Waals surface area (Å²) < 4.78 is 0. The largest absolute Gasteiger partial charge is 0.356 e. The zero-order chi connectivity index (χ0) is 22.5. The zero-order valence-electron chi connectivity index (χ0n) is 20.7. The summed E-state index contributed by atoms with van der Waals surface area (Å²) in [5, 5.41) is 6.23. The predicted molar refractivity (Wildman–Crippen MR) is 125 cm³/mol. The van der Waals surface area contributed by atoms with E-state index in [1.807, 2.05) is 0 Å². The highest BCUT2D eigenvalue weighted by Crippen LogP contribution is 2.36. The summed E-state index contributed by atoms with van der Waals surface area (Å²) >= 11 is 0. The van der Waals surface area contributed by atoms with Crippen molar-refractivity contribution >= 4 is 11.8 Å². The average molecular weight is 411 g/mol. The highest BCUT2D eigenvalue weighted by Gasteiger charge is 2.32. The van der Waals surface area contributed by atoms with Crippen molar-refractivity contribution in [2.75, 3.05) is 13.1 Å². The van der Waals surface area contributed by atoms with Gasteiger partial charge in [0.25, 0.3) is 0 Å². The molecule has 4 heteroatoms. The van der Waals surface area contributed by atoms with Crippen LogP contribution >= 0.6 is 0 Å². The maximum Gasteiger partial charge on any atom is 0.220 e. The number of unbranched alkanes of at least 4 members (excludes halogenated alkanes) is 3. The number of carbonyl (C=O) groups is 2. The van der Waals surface area contributed by atoms with Gasteiger partial charge in [0.2, 0.25) is 11.8 Å². The van der Waals surface area contributed by atoms with E-state index in [1.54, 1.807) is 6.92 Å². The fourth-order valence-electron chi connectivity index (χ4n) is 3.86. The second-order valence-electron chi connectivity index (χ2n) is 10.1. The van der Waals surface area contributed by atoms with Gasteiger partial charge in [0, 0.05) is 26.4 Å². The van der Waals surface area contributed by atoms with E-state index in [4.69, 9.17) is 0 Å². The minimum Gasteiger partial charge on any atom is -0.356 e. The second-order valence-corrected chi connectivity index (χ2v) is 10.1. The van der Waals surface area contributed by atoms with Crippen LogP contribution in [-0.4, -0.2) is 24.9 Å². The van der Waals surface area contributed by atoms with Gasteiger partial charge in [-0.15, -0.1) is 0 Å². The minimum atomic E-state index is 0.0247. The molecule has 0 saturated heterocycles. The molecule has 172 valence electrons. The van der Waals surface area contributed by atoms with E-state index in [2.05, 4.69) is 59.1 Å². The Morgan fingerprint density at radius 1 is 0.828 bits per heavy atom. The van der Waals surface area contributed by atoms with Gasteiger partial charge in [0.05, 0.1) is 0 Å². The van der Waals surface area contributed by atoms with Crippen molar-refractivity contribution < 1.29 is 9.59 Å². The molecule has 0 fully saturated rings. The third-order valence-corrected chi connectivity index (χ3v) is 7.27. The zero-order valence-corrected chi connectivity index (χ0v) is 20.7. The highest BCUT2D eigenvalue weighted by molar-refractivity contribution is 5.75. The minimum absolute atomic E-state index is 0.0247. The first-order valence-corrected chi connectivity index (χ1v) is 12.0. The first-order chi connectivity index (χ1) is 13.5. The van der Waals surface area contributed by atoms with Crippen LogP contribution < -0.4 is 10.6 Å². The molecule has 4 nitrogen and oxygen atoms in total. The molecule has 0 aliphatic rings. The lowest BCUT2D eigenvalue weighted by atomic mass is 9.72. The van der Waals surface area contributed by atoms with Crippen LogP contribution in [0, 0.1) is 22.7 Å². The molecule has 0 saturated carbocycles. The van der Waals surface area contributed by atoms with Gasteiger partial charge in [0.15, 0.2) is 0 Å². The normalized spacial score (nSPS) is 16.7. The molecule has 0 spiro atoms. The molecule has 0 aliphatic carbocycles. The summed E-state index contributed by atoms with van der Waals surface area (Å²) in [7, 11) is 0. The van der Waals surface area contributed by atoms with Crippen LogP contribution in [0.1, 0.15) is 113 Å². The summed E-state index contributed by atoms with van der Waals surface area (Å²) in [5.74, 6) is 1.12. The van der Waals surface area contributed by atoms with E-state index in [-0.39, 0.29) is 22.6 Å². The molecule has 0 aromatic carbocycles. The van der Waals surface area contributed by atoms with Crippen molar-refractivity contribution in [2.45, 2.75) is 113 Å². The standard InChI is InChI=1S/C25H50N2O2/c1-9-11-13-17-25(8,19-26-22(6)28)21(5)14-15-23(29)27-18-24(7,20(3)4)16-12-10-2/h20-21H,9-19H2,1-8H3,(H,26,28)(H,27,29). The lowest BCUT2D eigenvalue weighted by Crippen LogP contribution is -2.41. The molecule has 0 aromatic heterocycles. The Hall–Kier alpha value is -1.06. The van der Waals surface area contributed by atoms with Gasteiger partial charge in [-0.1, -0.05) is 80.6 Å². The summed E-state index contributed by atoms with van der Waals surface area (Å²) in [6, 6.07) is 0. The summed E-state index contributed by atoms with van der Waals surface area (Å²) in [4.78, 5) is 24.0. The Labute approximate surface area is 181 Å². The summed E-state index contributed by atoms with van der Waals surface area (Å²) in [5.41, 5.74) is 0.200. The average Bonchev–Trinajstić information content (AvgIpc) is 2.67. The number of carbonyl (C=O) groups excluding carboxylic acids is 2. The fourth-order valence-corrected chi connectivity index (χ4v) is 3.86. The van der Waals surface area contributed by atoms with E-state index in [0.717, 1.165) is 25.8 Å². The topological polar surface area (TPSA) is 58.2 Å². The highest BCUT2D eigenvalue weighted by atomic mass is 16.2. The number of hydrogen-bond donors (Lipinski definition) is 2. The maximum atomic E-state index is 12.6. The van der Waals surface area contributed by atoms with Crippen molar-refractivity contribution in [2.24, 2.45) is 22.7 Å². The predicted octanol–water partition coefficient (Wildman–Crippen LogP) is 6.09. The monoisotopic (exact) mass is 410 g/mol. The number of amides is 2. The lowest BCUT2D eigenvalue weighted by molar-refractivity contribution is -0.122. The third kappa shape index (κ3) is 11.1. The first kappa shape index (κ1) is 27.9. The van der Waals surface area contributed by atoms with Crippen molar-refractivity contribution in [3.63, 3.8) is 0 Å². The number of nitrogens with one attached hydrogen (secondary N) is 2. The van der Waals surface area contributed by atoms with Gasteiger partial charge in [0.1, 0.15) is 0 Å². The number of hydrogen-bond acceptors (Lipinski definition) is 2. The molecular weight excluding hydrogens is 360 g/mol. The molecule has 0 aliphatic heterocycles. The quantitative estimate of drug-likeness (QED) is 0.302. The first-order valence-electron chi connectivity index (χ1n) is 12.0. The molecule has 0 rings (SSSR count). The van der Waals surface area contributed by atoms with Crippen LogP contribution in [0.2, 0.25) is 0 Å². The van der Waals surface area contributed by atoms with Crippen molar-refractivity contribution in [3.8, 4) is 0 Å². The van der Waals surface area contributed by atoms with Crippen molar-refractivity contribution in [1.29, 1.82) is 0 Å². The summed E-state index contributed by atoms with van der Waals surface area (Å²) in [6.07, 6.45) is 9.66. The Morgan fingerprint density at radius 3 is 1.90 bits per heavy atom. The molecule has 2 N–H and O–H groups in total. The van der Waals surface area contributed by atoms with Gasteiger partial charge in [-0.3, -0.25) is 9.59 Å². The molecule has 0 bridgehead atoms. The molecule has 0 heterocycles. The molecular formula is C25H50N2O2. The van der Waals surface area contributed by atoms with Crippen LogP contribution in [0.4, 0.5) is 0 Å². The van der Waals surface area contributed by atoms with E-state index in [0.29, 0.717) is 24.8 Å². The van der Waals surface area contributed by atoms with Gasteiger partial charge in [-0.2, -0.15) is 0 Å². The van der Waals surface area contributed by atoms with E-state index in [1.165, 1.54) is 32.1 Å². The van der Waals surface area contributed by atoms with Crippen LogP contribution in [0.3, 0.4) is 0 Å². The van der Waals surface area contributed by atoms with E-state index in [9.17, 15) is 9.59 Å². The third-order valence-electron chi connectivity index (χ3n) is 7.27. The van der Waals surface area contributed by atoms with Crippen LogP contribution in [0.5, 0.6) is 0 Å². The van der Waals surface area contributed by atoms with Gasteiger partial charge in [-0.05, 0) is 41.9 Å². The van der Waals surface area contributed by atoms with Crippen LogP contribution in [0.15, 0.2) is 0 Å². The SMILES string of the molecule is CCCCCC(C)(CNC(C)=O)C(C)CCC(=O)NCC(C)(CCCC)C(C)C. The maximum absolute atomic E-state index is 12.6.